The van der Waals surface area contributed by atoms with Gasteiger partial charge in [-0.05, 0) is 37.3 Å². The van der Waals surface area contributed by atoms with Gasteiger partial charge in [0.15, 0.2) is 0 Å². The van der Waals surface area contributed by atoms with Gasteiger partial charge < -0.3 is 14.8 Å². The predicted molar refractivity (Wildman–Crippen MR) is 116 cm³/mol. The van der Waals surface area contributed by atoms with Crippen molar-refractivity contribution >= 4 is 34.6 Å². The number of thioether (sulfide) groups is 1. The number of amides is 2. The highest BCUT2D eigenvalue weighted by molar-refractivity contribution is 8.00. The second-order valence-corrected chi connectivity index (χ2v) is 8.60. The van der Waals surface area contributed by atoms with Crippen LogP contribution in [0.5, 0.6) is 0 Å². The second-order valence-electron chi connectivity index (χ2n) is 7.28. The minimum Gasteiger partial charge on any atom is -0.341 e. The fourth-order valence-corrected chi connectivity index (χ4v) is 4.34. The molecule has 1 N–H and O–H groups in total. The van der Waals surface area contributed by atoms with Crippen LogP contribution in [0.1, 0.15) is 28.4 Å². The number of fused-ring (bicyclic) bond motifs is 1. The van der Waals surface area contributed by atoms with Crippen molar-refractivity contribution in [3.63, 3.8) is 0 Å². The number of hydrogen-bond acceptors (Lipinski definition) is 4. The van der Waals surface area contributed by atoms with Crippen molar-refractivity contribution in [1.29, 1.82) is 0 Å². The Morgan fingerprint density at radius 3 is 2.57 bits per heavy atom. The molecule has 0 radical (unpaired) electrons. The number of rotatable bonds is 5. The number of hydrogen-bond donors (Lipinski definition) is 1. The number of benzene rings is 2. The van der Waals surface area contributed by atoms with Gasteiger partial charge >= 0.3 is 0 Å². The Morgan fingerprint density at radius 2 is 1.83 bits per heavy atom. The maximum atomic E-state index is 13.4. The van der Waals surface area contributed by atoms with E-state index in [1.54, 1.807) is 27.6 Å². The number of piperazine rings is 1. The molecule has 0 bridgehead atoms. The van der Waals surface area contributed by atoms with Gasteiger partial charge in [-0.25, -0.2) is 9.37 Å². The first kappa shape index (κ1) is 20.4. The molecule has 1 aliphatic heterocycles. The summed E-state index contributed by atoms with van der Waals surface area (Å²) in [5.41, 5.74) is 2.25. The van der Waals surface area contributed by atoms with E-state index in [4.69, 9.17) is 0 Å². The molecule has 1 saturated heterocycles. The minimum atomic E-state index is -0.426. The van der Waals surface area contributed by atoms with Crippen molar-refractivity contribution in [1.82, 2.24) is 19.8 Å². The van der Waals surface area contributed by atoms with Gasteiger partial charge in [-0.2, -0.15) is 0 Å². The summed E-state index contributed by atoms with van der Waals surface area (Å²) in [6, 6.07) is 13.6. The topological polar surface area (TPSA) is 69.3 Å². The molecule has 0 aliphatic carbocycles. The molecular weight excluding hydrogens is 403 g/mol. The number of imidazole rings is 1. The molecular formula is C22H23FN4O2S. The molecule has 1 atom stereocenters. The Kier molecular flexibility index (Phi) is 6.03. The van der Waals surface area contributed by atoms with E-state index in [0.717, 1.165) is 16.9 Å². The lowest BCUT2D eigenvalue weighted by Crippen LogP contribution is -2.51. The van der Waals surface area contributed by atoms with Gasteiger partial charge in [0.2, 0.25) is 5.91 Å². The van der Waals surface area contributed by atoms with Crippen LogP contribution in [0.3, 0.4) is 0 Å². The largest absolute Gasteiger partial charge is 0.341 e. The fraction of sp³-hybridized carbons (Fsp3) is 0.318. The Labute approximate surface area is 178 Å². The highest BCUT2D eigenvalue weighted by Crippen LogP contribution is 2.28. The first-order valence-corrected chi connectivity index (χ1v) is 10.9. The molecule has 1 fully saturated rings. The Morgan fingerprint density at radius 1 is 1.10 bits per heavy atom. The fourth-order valence-electron chi connectivity index (χ4n) is 3.49. The molecule has 1 aliphatic rings. The highest BCUT2D eigenvalue weighted by atomic mass is 32.2. The Bertz CT molecular complexity index is 1030. The van der Waals surface area contributed by atoms with E-state index in [1.165, 1.54) is 18.2 Å². The van der Waals surface area contributed by atoms with Crippen LogP contribution in [0.4, 0.5) is 4.39 Å². The lowest BCUT2D eigenvalue weighted by molar-refractivity contribution is -0.129. The lowest BCUT2D eigenvalue weighted by atomic mass is 10.1. The number of nitrogens with one attached hydrogen (secondary N) is 1. The van der Waals surface area contributed by atoms with Crippen LogP contribution in [0, 0.1) is 5.82 Å². The minimum absolute atomic E-state index is 0.0563. The summed E-state index contributed by atoms with van der Waals surface area (Å²) >= 11 is 1.54. The summed E-state index contributed by atoms with van der Waals surface area (Å²) in [6.45, 7) is 3.90. The number of halogens is 1. The lowest BCUT2D eigenvalue weighted by Gasteiger charge is -2.35. The standard InChI is InChI=1S/C22H23FN4O2S/c1-15(21-24-18-7-2-3-8-19(18)25-21)30-14-20(28)26-9-11-27(12-10-26)22(29)16-5-4-6-17(23)13-16/h2-8,13,15H,9-12,14H2,1H3,(H,24,25). The van der Waals surface area contributed by atoms with Crippen LogP contribution in [-0.4, -0.2) is 63.5 Å². The van der Waals surface area contributed by atoms with Crippen LogP contribution in [-0.2, 0) is 4.79 Å². The third-order valence-electron chi connectivity index (χ3n) is 5.24. The molecule has 30 heavy (non-hydrogen) atoms. The molecule has 8 heteroatoms. The number of nitrogens with zero attached hydrogens (tertiary/aromatic N) is 3. The number of H-pyrrole nitrogens is 1. The van der Waals surface area contributed by atoms with Crippen molar-refractivity contribution in [3.8, 4) is 0 Å². The van der Waals surface area contributed by atoms with Crippen molar-refractivity contribution < 1.29 is 14.0 Å². The van der Waals surface area contributed by atoms with E-state index in [2.05, 4.69) is 9.97 Å². The van der Waals surface area contributed by atoms with Crippen LogP contribution in [0.2, 0.25) is 0 Å². The number of aromatic amines is 1. The molecule has 0 spiro atoms. The Balaban J connectivity index is 1.27. The van der Waals surface area contributed by atoms with Gasteiger partial charge in [0.05, 0.1) is 22.0 Å². The molecule has 4 rings (SSSR count). The summed E-state index contributed by atoms with van der Waals surface area (Å²) in [4.78, 5) is 36.5. The van der Waals surface area contributed by atoms with E-state index >= 15 is 0 Å². The average Bonchev–Trinajstić information content (AvgIpc) is 3.21. The molecule has 3 aromatic rings. The van der Waals surface area contributed by atoms with E-state index in [-0.39, 0.29) is 17.1 Å². The number of aromatic nitrogens is 2. The molecule has 0 saturated carbocycles. The first-order chi connectivity index (χ1) is 14.5. The summed E-state index contributed by atoms with van der Waals surface area (Å²) in [5.74, 6) is 0.649. The van der Waals surface area contributed by atoms with Gasteiger partial charge in [-0.1, -0.05) is 18.2 Å². The summed E-state index contributed by atoms with van der Waals surface area (Å²) < 4.78 is 13.4. The van der Waals surface area contributed by atoms with Crippen LogP contribution < -0.4 is 0 Å². The van der Waals surface area contributed by atoms with Gasteiger partial charge in [0.1, 0.15) is 11.6 Å². The van der Waals surface area contributed by atoms with E-state index < -0.39 is 5.82 Å². The summed E-state index contributed by atoms with van der Waals surface area (Å²) in [7, 11) is 0. The molecule has 1 aromatic heterocycles. The quantitative estimate of drug-likeness (QED) is 0.678. The monoisotopic (exact) mass is 426 g/mol. The van der Waals surface area contributed by atoms with Crippen LogP contribution in [0.15, 0.2) is 48.5 Å². The van der Waals surface area contributed by atoms with Crippen molar-refractivity contribution in [2.24, 2.45) is 0 Å². The van der Waals surface area contributed by atoms with Crippen molar-refractivity contribution in [2.75, 3.05) is 31.9 Å². The molecule has 1 unspecified atom stereocenters. The van der Waals surface area contributed by atoms with Gasteiger partial charge in [0.25, 0.3) is 5.91 Å². The van der Waals surface area contributed by atoms with Crippen molar-refractivity contribution in [3.05, 3.63) is 65.7 Å². The van der Waals surface area contributed by atoms with E-state index in [1.807, 2.05) is 31.2 Å². The van der Waals surface area contributed by atoms with Crippen LogP contribution >= 0.6 is 11.8 Å². The van der Waals surface area contributed by atoms with Crippen molar-refractivity contribution in [2.45, 2.75) is 12.2 Å². The molecule has 2 heterocycles. The van der Waals surface area contributed by atoms with E-state index in [0.29, 0.717) is 37.5 Å². The summed E-state index contributed by atoms with van der Waals surface area (Å²) in [6.07, 6.45) is 0. The molecule has 2 aromatic carbocycles. The van der Waals surface area contributed by atoms with Gasteiger partial charge in [-0.3, -0.25) is 9.59 Å². The third-order valence-corrected chi connectivity index (χ3v) is 6.38. The number of carbonyl (C=O) groups is 2. The third kappa shape index (κ3) is 4.48. The van der Waals surface area contributed by atoms with Gasteiger partial charge in [-0.15, -0.1) is 11.8 Å². The second kappa shape index (κ2) is 8.87. The number of carbonyl (C=O) groups excluding carboxylic acids is 2. The maximum Gasteiger partial charge on any atom is 0.254 e. The SMILES string of the molecule is CC(SCC(=O)N1CCN(C(=O)c2cccc(F)c2)CC1)c1nc2ccccc2[nH]1. The zero-order chi connectivity index (χ0) is 21.1. The average molecular weight is 427 g/mol. The summed E-state index contributed by atoms with van der Waals surface area (Å²) in [5, 5.41) is 0.0668. The molecule has 2 amide bonds. The zero-order valence-electron chi connectivity index (χ0n) is 16.7. The Hall–Kier alpha value is -2.87. The maximum absolute atomic E-state index is 13.4. The zero-order valence-corrected chi connectivity index (χ0v) is 17.5. The van der Waals surface area contributed by atoms with E-state index in [9.17, 15) is 14.0 Å². The molecule has 6 nitrogen and oxygen atoms in total. The first-order valence-electron chi connectivity index (χ1n) is 9.90. The predicted octanol–water partition coefficient (Wildman–Crippen LogP) is 3.48. The number of para-hydroxylation sites is 2. The van der Waals surface area contributed by atoms with Crippen LogP contribution in [0.25, 0.3) is 11.0 Å². The normalized spacial score (nSPS) is 15.4. The highest BCUT2D eigenvalue weighted by Gasteiger charge is 2.25. The van der Waals surface area contributed by atoms with Gasteiger partial charge in [0, 0.05) is 31.7 Å². The smallest absolute Gasteiger partial charge is 0.254 e. The molecule has 156 valence electrons.